The van der Waals surface area contributed by atoms with Crippen LogP contribution in [0.5, 0.6) is 0 Å². The van der Waals surface area contributed by atoms with E-state index in [1.165, 1.54) is 6.92 Å². The van der Waals surface area contributed by atoms with Gasteiger partial charge in [0.25, 0.3) is 0 Å². The quantitative estimate of drug-likeness (QED) is 0.772. The van der Waals surface area contributed by atoms with Gasteiger partial charge in [-0.05, 0) is 24.0 Å². The van der Waals surface area contributed by atoms with Gasteiger partial charge in [-0.25, -0.2) is 0 Å². The molecule has 0 aromatic heterocycles. The van der Waals surface area contributed by atoms with E-state index in [-0.39, 0.29) is 11.7 Å². The van der Waals surface area contributed by atoms with Crippen molar-refractivity contribution in [3.63, 3.8) is 0 Å². The molecule has 0 aliphatic heterocycles. The number of rotatable bonds is 4. The van der Waals surface area contributed by atoms with E-state index in [4.69, 9.17) is 5.26 Å². The number of hydrogen-bond donors (Lipinski definition) is 0. The van der Waals surface area contributed by atoms with Crippen molar-refractivity contribution >= 4 is 5.78 Å². The van der Waals surface area contributed by atoms with Crippen molar-refractivity contribution in [2.75, 3.05) is 0 Å². The molecule has 0 spiro atoms. The standard InChI is InChI=1S/C14H17NO/c1-10(2)13-6-4-5-7-14(13)12(9-15)8-11(3)16/h4-7,10,12H,8H2,1-3H3. The highest BCUT2D eigenvalue weighted by atomic mass is 16.1. The zero-order valence-corrected chi connectivity index (χ0v) is 10.0. The molecule has 0 amide bonds. The molecule has 1 atom stereocenters. The molecule has 0 saturated heterocycles. The van der Waals surface area contributed by atoms with Crippen LogP contribution in [0.1, 0.15) is 50.2 Å². The normalized spacial score (nSPS) is 12.2. The Bertz CT molecular complexity index is 415. The van der Waals surface area contributed by atoms with E-state index >= 15 is 0 Å². The number of ketones is 1. The van der Waals surface area contributed by atoms with Crippen molar-refractivity contribution in [1.82, 2.24) is 0 Å². The Morgan fingerprint density at radius 3 is 2.31 bits per heavy atom. The largest absolute Gasteiger partial charge is 0.300 e. The maximum Gasteiger partial charge on any atom is 0.131 e. The Hall–Kier alpha value is -1.62. The monoisotopic (exact) mass is 215 g/mol. The fourth-order valence-electron chi connectivity index (χ4n) is 1.87. The predicted molar refractivity (Wildman–Crippen MR) is 64.2 cm³/mol. The van der Waals surface area contributed by atoms with Crippen molar-refractivity contribution < 1.29 is 4.79 Å². The van der Waals surface area contributed by atoms with Crippen molar-refractivity contribution in [2.45, 2.75) is 39.0 Å². The molecule has 0 N–H and O–H groups in total. The van der Waals surface area contributed by atoms with E-state index in [0.29, 0.717) is 12.3 Å². The number of benzene rings is 1. The van der Waals surface area contributed by atoms with Gasteiger partial charge in [0.1, 0.15) is 5.78 Å². The summed E-state index contributed by atoms with van der Waals surface area (Å²) < 4.78 is 0. The van der Waals surface area contributed by atoms with Gasteiger partial charge >= 0.3 is 0 Å². The van der Waals surface area contributed by atoms with Crippen molar-refractivity contribution in [2.24, 2.45) is 0 Å². The number of nitriles is 1. The molecule has 16 heavy (non-hydrogen) atoms. The molecule has 1 unspecified atom stereocenters. The first-order valence-corrected chi connectivity index (χ1v) is 5.54. The summed E-state index contributed by atoms with van der Waals surface area (Å²) in [6.45, 7) is 5.73. The van der Waals surface area contributed by atoms with Crippen molar-refractivity contribution in [1.29, 1.82) is 5.26 Å². The van der Waals surface area contributed by atoms with Gasteiger partial charge < -0.3 is 0 Å². The zero-order valence-electron chi connectivity index (χ0n) is 10.0. The zero-order chi connectivity index (χ0) is 12.1. The highest BCUT2D eigenvalue weighted by Gasteiger charge is 2.17. The predicted octanol–water partition coefficient (Wildman–Crippen LogP) is 3.40. The molecule has 84 valence electrons. The minimum absolute atomic E-state index is 0.0603. The van der Waals surface area contributed by atoms with Crippen LogP contribution in [0, 0.1) is 11.3 Å². The van der Waals surface area contributed by atoms with E-state index < -0.39 is 0 Å². The first-order chi connectivity index (χ1) is 7.56. The molecule has 0 bridgehead atoms. The summed E-state index contributed by atoms with van der Waals surface area (Å²) in [5, 5.41) is 9.13. The summed E-state index contributed by atoms with van der Waals surface area (Å²) in [6, 6.07) is 10.1. The maximum atomic E-state index is 11.1. The number of hydrogen-bond acceptors (Lipinski definition) is 2. The molecule has 2 nitrogen and oxygen atoms in total. The SMILES string of the molecule is CC(=O)CC(C#N)c1ccccc1C(C)C. The molecular weight excluding hydrogens is 198 g/mol. The molecule has 0 heterocycles. The Balaban J connectivity index is 3.10. The molecule has 0 fully saturated rings. The number of carbonyl (C=O) groups excluding carboxylic acids is 1. The molecule has 0 aliphatic rings. The summed E-state index contributed by atoms with van der Waals surface area (Å²) in [6.07, 6.45) is 0.306. The lowest BCUT2D eigenvalue weighted by molar-refractivity contribution is -0.117. The summed E-state index contributed by atoms with van der Waals surface area (Å²) in [5.41, 5.74) is 2.16. The van der Waals surface area contributed by atoms with Crippen molar-refractivity contribution in [3.05, 3.63) is 35.4 Å². The van der Waals surface area contributed by atoms with Crippen LogP contribution in [0.2, 0.25) is 0 Å². The third-order valence-corrected chi connectivity index (χ3v) is 2.64. The molecule has 0 saturated carbocycles. The molecule has 1 aromatic rings. The fourth-order valence-corrected chi connectivity index (χ4v) is 1.87. The summed E-state index contributed by atoms with van der Waals surface area (Å²) in [7, 11) is 0. The van der Waals surface area contributed by atoms with Gasteiger partial charge in [-0.2, -0.15) is 5.26 Å². The van der Waals surface area contributed by atoms with Crippen LogP contribution in [0.3, 0.4) is 0 Å². The van der Waals surface area contributed by atoms with E-state index in [2.05, 4.69) is 19.9 Å². The van der Waals surface area contributed by atoms with Crippen LogP contribution in [0.4, 0.5) is 0 Å². The summed E-state index contributed by atoms with van der Waals surface area (Å²) >= 11 is 0. The van der Waals surface area contributed by atoms with Gasteiger partial charge in [-0.3, -0.25) is 4.79 Å². The lowest BCUT2D eigenvalue weighted by atomic mass is 9.87. The van der Waals surface area contributed by atoms with Gasteiger partial charge in [-0.1, -0.05) is 38.1 Å². The highest BCUT2D eigenvalue weighted by Crippen LogP contribution is 2.28. The Labute approximate surface area is 96.9 Å². The van der Waals surface area contributed by atoms with Gasteiger partial charge in [0.15, 0.2) is 0 Å². The number of carbonyl (C=O) groups is 1. The lowest BCUT2D eigenvalue weighted by Crippen LogP contribution is -2.06. The summed E-state index contributed by atoms with van der Waals surface area (Å²) in [5.74, 6) is 0.125. The van der Waals surface area contributed by atoms with Gasteiger partial charge in [0, 0.05) is 6.42 Å². The average molecular weight is 215 g/mol. The van der Waals surface area contributed by atoms with E-state index in [9.17, 15) is 4.79 Å². The van der Waals surface area contributed by atoms with Gasteiger partial charge in [0.05, 0.1) is 12.0 Å². The Morgan fingerprint density at radius 2 is 1.88 bits per heavy atom. The Morgan fingerprint density at radius 1 is 1.31 bits per heavy atom. The molecular formula is C14H17NO. The topological polar surface area (TPSA) is 40.9 Å². The minimum Gasteiger partial charge on any atom is -0.300 e. The lowest BCUT2D eigenvalue weighted by Gasteiger charge is -2.15. The molecule has 2 heteroatoms. The molecule has 0 radical (unpaired) electrons. The molecule has 1 aromatic carbocycles. The van der Waals surface area contributed by atoms with Gasteiger partial charge in [0.2, 0.25) is 0 Å². The third kappa shape index (κ3) is 2.93. The highest BCUT2D eigenvalue weighted by molar-refractivity contribution is 5.77. The second-order valence-corrected chi connectivity index (χ2v) is 4.37. The average Bonchev–Trinajstić information content (AvgIpc) is 2.25. The number of Topliss-reactive ketones (excluding diaryl/α,β-unsaturated/α-hetero) is 1. The van der Waals surface area contributed by atoms with Crippen LogP contribution in [-0.4, -0.2) is 5.78 Å². The fraction of sp³-hybridized carbons (Fsp3) is 0.429. The van der Waals surface area contributed by atoms with Crippen LogP contribution in [-0.2, 0) is 4.79 Å². The second kappa shape index (κ2) is 5.46. The van der Waals surface area contributed by atoms with Crippen LogP contribution in [0.15, 0.2) is 24.3 Å². The van der Waals surface area contributed by atoms with E-state index in [0.717, 1.165) is 11.1 Å². The second-order valence-electron chi connectivity index (χ2n) is 4.37. The Kier molecular flexibility index (Phi) is 4.25. The van der Waals surface area contributed by atoms with Crippen LogP contribution >= 0.6 is 0 Å². The van der Waals surface area contributed by atoms with Gasteiger partial charge in [-0.15, -0.1) is 0 Å². The first-order valence-electron chi connectivity index (χ1n) is 5.54. The van der Waals surface area contributed by atoms with E-state index in [1.807, 2.05) is 24.3 Å². The summed E-state index contributed by atoms with van der Waals surface area (Å²) in [4.78, 5) is 11.1. The van der Waals surface area contributed by atoms with Crippen molar-refractivity contribution in [3.8, 4) is 6.07 Å². The van der Waals surface area contributed by atoms with Crippen LogP contribution in [0.25, 0.3) is 0 Å². The maximum absolute atomic E-state index is 11.1. The smallest absolute Gasteiger partial charge is 0.131 e. The number of nitrogens with zero attached hydrogens (tertiary/aromatic N) is 1. The van der Waals surface area contributed by atoms with Crippen LogP contribution < -0.4 is 0 Å². The molecule has 0 aliphatic carbocycles. The molecule has 1 rings (SSSR count). The first kappa shape index (κ1) is 12.4. The van der Waals surface area contributed by atoms with E-state index in [1.54, 1.807) is 0 Å². The third-order valence-electron chi connectivity index (χ3n) is 2.64. The minimum atomic E-state index is -0.309.